The number of carbonyl (C=O) groups excluding carboxylic acids is 1. The molecule has 2 aromatic carbocycles. The number of nitrogens with zero attached hydrogens (tertiary/aromatic N) is 3. The SMILES string of the molecule is CC=Cc1ccc(OCC(=O)N2CCN(Cc3nc4ccccc4s3)CC2)c(OC)c1. The number of carbonyl (C=O) groups is 1. The van der Waals surface area contributed by atoms with Crippen LogP contribution in [-0.2, 0) is 11.3 Å². The van der Waals surface area contributed by atoms with Crippen LogP contribution in [0.3, 0.4) is 0 Å². The third-order valence-electron chi connectivity index (χ3n) is 5.32. The summed E-state index contributed by atoms with van der Waals surface area (Å²) in [6.45, 7) is 5.88. The molecule has 1 aromatic heterocycles. The molecule has 0 radical (unpaired) electrons. The van der Waals surface area contributed by atoms with Crippen LogP contribution < -0.4 is 9.47 Å². The van der Waals surface area contributed by atoms with Gasteiger partial charge in [0, 0.05) is 26.2 Å². The van der Waals surface area contributed by atoms with E-state index in [4.69, 9.17) is 14.5 Å². The lowest BCUT2D eigenvalue weighted by Crippen LogP contribution is -2.49. The summed E-state index contributed by atoms with van der Waals surface area (Å²) in [6, 6.07) is 13.9. The molecular formula is C24H27N3O3S. The van der Waals surface area contributed by atoms with Crippen LogP contribution >= 0.6 is 11.3 Å². The van der Waals surface area contributed by atoms with Crippen LogP contribution in [0.4, 0.5) is 0 Å². The smallest absolute Gasteiger partial charge is 0.260 e. The Labute approximate surface area is 186 Å². The van der Waals surface area contributed by atoms with Crippen molar-refractivity contribution in [2.24, 2.45) is 0 Å². The van der Waals surface area contributed by atoms with E-state index in [2.05, 4.69) is 17.0 Å². The number of para-hydroxylation sites is 1. The number of hydrogen-bond acceptors (Lipinski definition) is 6. The Hall–Kier alpha value is -2.90. The predicted octanol–water partition coefficient (Wildman–Crippen LogP) is 4.06. The highest BCUT2D eigenvalue weighted by Crippen LogP contribution is 2.28. The van der Waals surface area contributed by atoms with Gasteiger partial charge in [-0.1, -0.05) is 30.4 Å². The van der Waals surface area contributed by atoms with Crippen LogP contribution in [0, 0.1) is 0 Å². The second-order valence-electron chi connectivity index (χ2n) is 7.43. The van der Waals surface area contributed by atoms with Gasteiger partial charge in [0.25, 0.3) is 5.91 Å². The molecule has 31 heavy (non-hydrogen) atoms. The van der Waals surface area contributed by atoms with Crippen molar-refractivity contribution in [1.29, 1.82) is 0 Å². The Balaban J connectivity index is 1.27. The summed E-state index contributed by atoms with van der Waals surface area (Å²) in [7, 11) is 1.61. The highest BCUT2D eigenvalue weighted by Gasteiger charge is 2.22. The van der Waals surface area contributed by atoms with Crippen molar-refractivity contribution in [3.05, 3.63) is 59.1 Å². The third-order valence-corrected chi connectivity index (χ3v) is 6.34. The van der Waals surface area contributed by atoms with E-state index >= 15 is 0 Å². The Morgan fingerprint density at radius 1 is 1.13 bits per heavy atom. The van der Waals surface area contributed by atoms with Gasteiger partial charge >= 0.3 is 0 Å². The fourth-order valence-corrected chi connectivity index (χ4v) is 4.67. The number of ether oxygens (including phenoxy) is 2. The molecule has 162 valence electrons. The molecule has 1 saturated heterocycles. The van der Waals surface area contributed by atoms with E-state index in [0.717, 1.165) is 35.7 Å². The third kappa shape index (κ3) is 5.24. The first-order chi connectivity index (χ1) is 15.2. The zero-order valence-electron chi connectivity index (χ0n) is 17.9. The minimum absolute atomic E-state index is 0.000722. The van der Waals surface area contributed by atoms with Crippen LogP contribution in [0.15, 0.2) is 48.5 Å². The molecule has 0 N–H and O–H groups in total. The molecule has 2 heterocycles. The molecule has 4 rings (SSSR count). The Kier molecular flexibility index (Phi) is 6.84. The van der Waals surface area contributed by atoms with E-state index < -0.39 is 0 Å². The number of rotatable bonds is 7. The summed E-state index contributed by atoms with van der Waals surface area (Å²) in [6.07, 6.45) is 3.96. The minimum atomic E-state index is -0.000722. The standard InChI is InChI=1S/C24H27N3O3S/c1-3-6-18-9-10-20(21(15-18)29-2)30-17-24(28)27-13-11-26(12-14-27)16-23-25-19-7-4-5-8-22(19)31-23/h3-10,15H,11-14,16-17H2,1-2H3. The lowest BCUT2D eigenvalue weighted by Gasteiger charge is -2.34. The maximum absolute atomic E-state index is 12.6. The molecule has 6 nitrogen and oxygen atoms in total. The Bertz CT molecular complexity index is 1040. The van der Waals surface area contributed by atoms with Gasteiger partial charge in [-0.05, 0) is 36.8 Å². The predicted molar refractivity (Wildman–Crippen MR) is 125 cm³/mol. The Morgan fingerprint density at radius 3 is 2.68 bits per heavy atom. The van der Waals surface area contributed by atoms with Crippen LogP contribution in [0.1, 0.15) is 17.5 Å². The molecule has 0 spiro atoms. The van der Waals surface area contributed by atoms with Crippen molar-refractivity contribution in [2.45, 2.75) is 13.5 Å². The van der Waals surface area contributed by atoms with Gasteiger partial charge < -0.3 is 14.4 Å². The van der Waals surface area contributed by atoms with Gasteiger partial charge in [0.1, 0.15) is 5.01 Å². The average molecular weight is 438 g/mol. The maximum atomic E-state index is 12.6. The molecular weight excluding hydrogens is 410 g/mol. The molecule has 7 heteroatoms. The number of fused-ring (bicyclic) bond motifs is 1. The topological polar surface area (TPSA) is 54.9 Å². The number of thiazole rings is 1. The molecule has 0 aliphatic carbocycles. The lowest BCUT2D eigenvalue weighted by molar-refractivity contribution is -0.135. The second kappa shape index (κ2) is 9.94. The molecule has 0 unspecified atom stereocenters. The van der Waals surface area contributed by atoms with Gasteiger partial charge in [-0.2, -0.15) is 0 Å². The maximum Gasteiger partial charge on any atom is 0.260 e. The van der Waals surface area contributed by atoms with Crippen molar-refractivity contribution in [1.82, 2.24) is 14.8 Å². The number of amides is 1. The van der Waals surface area contributed by atoms with Crippen molar-refractivity contribution in [3.63, 3.8) is 0 Å². The van der Waals surface area contributed by atoms with E-state index in [9.17, 15) is 4.79 Å². The van der Waals surface area contributed by atoms with E-state index in [1.54, 1.807) is 18.4 Å². The van der Waals surface area contributed by atoms with Gasteiger partial charge in [-0.15, -0.1) is 11.3 Å². The van der Waals surface area contributed by atoms with Crippen LogP contribution in [0.5, 0.6) is 11.5 Å². The van der Waals surface area contributed by atoms with Crippen LogP contribution in [-0.4, -0.2) is 60.6 Å². The zero-order chi connectivity index (χ0) is 21.6. The summed E-state index contributed by atoms with van der Waals surface area (Å²) in [4.78, 5) is 21.6. The van der Waals surface area contributed by atoms with Gasteiger partial charge in [-0.25, -0.2) is 4.98 Å². The quantitative estimate of drug-likeness (QED) is 0.558. The number of allylic oxidation sites excluding steroid dienone is 1. The summed E-state index contributed by atoms with van der Waals surface area (Å²) < 4.78 is 12.4. The van der Waals surface area contributed by atoms with Crippen molar-refractivity contribution >= 4 is 33.5 Å². The fraction of sp³-hybridized carbons (Fsp3) is 0.333. The number of piperazine rings is 1. The van der Waals surface area contributed by atoms with Crippen molar-refractivity contribution in [3.8, 4) is 11.5 Å². The van der Waals surface area contributed by atoms with Gasteiger partial charge in [-0.3, -0.25) is 9.69 Å². The normalized spacial score (nSPS) is 15.0. The molecule has 1 fully saturated rings. The van der Waals surface area contributed by atoms with Gasteiger partial charge in [0.05, 0.1) is 23.9 Å². The number of benzene rings is 2. The summed E-state index contributed by atoms with van der Waals surface area (Å²) in [5, 5.41) is 1.12. The average Bonchev–Trinajstić information content (AvgIpc) is 3.21. The summed E-state index contributed by atoms with van der Waals surface area (Å²) in [5.41, 5.74) is 2.09. The first kappa shape index (κ1) is 21.3. The van der Waals surface area contributed by atoms with E-state index in [1.807, 2.05) is 54.3 Å². The molecule has 0 bridgehead atoms. The zero-order valence-corrected chi connectivity index (χ0v) is 18.7. The lowest BCUT2D eigenvalue weighted by atomic mass is 10.2. The molecule has 3 aromatic rings. The summed E-state index contributed by atoms with van der Waals surface area (Å²) >= 11 is 1.74. The molecule has 0 atom stereocenters. The van der Waals surface area contributed by atoms with E-state index in [-0.39, 0.29) is 12.5 Å². The first-order valence-corrected chi connectivity index (χ1v) is 11.3. The molecule has 0 saturated carbocycles. The molecule has 1 amide bonds. The summed E-state index contributed by atoms with van der Waals surface area (Å²) in [5.74, 6) is 1.21. The van der Waals surface area contributed by atoms with Gasteiger partial charge in [0.2, 0.25) is 0 Å². The van der Waals surface area contributed by atoms with Crippen LogP contribution in [0.25, 0.3) is 16.3 Å². The van der Waals surface area contributed by atoms with Gasteiger partial charge in [0.15, 0.2) is 18.1 Å². The van der Waals surface area contributed by atoms with E-state index in [1.165, 1.54) is 4.70 Å². The largest absolute Gasteiger partial charge is 0.493 e. The molecule has 1 aliphatic rings. The number of methoxy groups -OCH3 is 1. The van der Waals surface area contributed by atoms with Crippen LogP contribution in [0.2, 0.25) is 0 Å². The highest BCUT2D eigenvalue weighted by atomic mass is 32.1. The minimum Gasteiger partial charge on any atom is -0.493 e. The van der Waals surface area contributed by atoms with Crippen molar-refractivity contribution in [2.75, 3.05) is 39.9 Å². The second-order valence-corrected chi connectivity index (χ2v) is 8.55. The highest BCUT2D eigenvalue weighted by molar-refractivity contribution is 7.18. The van der Waals surface area contributed by atoms with E-state index in [0.29, 0.717) is 24.6 Å². The fourth-order valence-electron chi connectivity index (χ4n) is 3.66. The first-order valence-electron chi connectivity index (χ1n) is 10.4. The van der Waals surface area contributed by atoms with Crippen molar-refractivity contribution < 1.29 is 14.3 Å². The monoisotopic (exact) mass is 437 g/mol. The molecule has 1 aliphatic heterocycles. The number of hydrogen-bond donors (Lipinski definition) is 0. The number of aromatic nitrogens is 1. The Morgan fingerprint density at radius 2 is 1.94 bits per heavy atom.